The Hall–Kier alpha value is -3.36. The highest BCUT2D eigenvalue weighted by Crippen LogP contribution is 2.34. The second kappa shape index (κ2) is 5.58. The molecule has 1 aromatic heterocycles. The van der Waals surface area contributed by atoms with E-state index in [1.165, 1.54) is 14.1 Å². The molecule has 0 unspecified atom stereocenters. The number of imidazole rings is 1. The Kier molecular flexibility index (Phi) is 3.46. The Labute approximate surface area is 147 Å². The van der Waals surface area contributed by atoms with Gasteiger partial charge in [0, 0.05) is 26.1 Å². The molecule has 1 saturated heterocycles. The quantitative estimate of drug-likeness (QED) is 0.758. The van der Waals surface area contributed by atoms with Crippen LogP contribution >= 0.6 is 0 Å². The molecule has 2 aliphatic heterocycles. The zero-order valence-corrected chi connectivity index (χ0v) is 14.2. The van der Waals surface area contributed by atoms with Gasteiger partial charge < -0.3 is 14.7 Å². The van der Waals surface area contributed by atoms with Crippen molar-refractivity contribution < 1.29 is 19.1 Å². The maximum atomic E-state index is 12.6. The van der Waals surface area contributed by atoms with Crippen molar-refractivity contribution in [2.45, 2.75) is 12.3 Å². The highest BCUT2D eigenvalue weighted by atomic mass is 16.5. The molecule has 9 nitrogen and oxygen atoms in total. The summed E-state index contributed by atoms with van der Waals surface area (Å²) in [6, 6.07) is 4.70. The van der Waals surface area contributed by atoms with Crippen molar-refractivity contribution in [1.29, 1.82) is 0 Å². The van der Waals surface area contributed by atoms with E-state index in [2.05, 4.69) is 9.97 Å². The zero-order chi connectivity index (χ0) is 18.6. The molecule has 0 bridgehead atoms. The molecule has 1 fully saturated rings. The van der Waals surface area contributed by atoms with Gasteiger partial charge in [-0.25, -0.2) is 9.59 Å². The molecule has 134 valence electrons. The lowest BCUT2D eigenvalue weighted by molar-refractivity contribution is -0.143. The highest BCUT2D eigenvalue weighted by Gasteiger charge is 2.45. The normalized spacial score (nSPS) is 17.7. The summed E-state index contributed by atoms with van der Waals surface area (Å²) in [7, 11) is 2.61. The lowest BCUT2D eigenvalue weighted by Gasteiger charge is -2.32. The number of likely N-dealkylation sites (N-methyl/N-ethyl adjacent to an activating group) is 2. The number of fused-ring (bicyclic) bond motifs is 1. The summed E-state index contributed by atoms with van der Waals surface area (Å²) in [6.45, 7) is 0.590. The SMILES string of the molecule is CN1C(=O)C(c2[nH]c(=O)[nH]c2-c2ccc3c(c2)CCO3)C(=O)N(C)C1=O. The summed E-state index contributed by atoms with van der Waals surface area (Å²) in [5.74, 6) is -1.87. The summed E-state index contributed by atoms with van der Waals surface area (Å²) in [5, 5.41) is 0. The molecule has 9 heteroatoms. The number of ether oxygens (including phenoxy) is 1. The first-order valence-corrected chi connectivity index (χ1v) is 8.06. The van der Waals surface area contributed by atoms with Gasteiger partial charge in [0.2, 0.25) is 11.8 Å². The fourth-order valence-electron chi connectivity index (χ4n) is 3.34. The van der Waals surface area contributed by atoms with Crippen molar-refractivity contribution >= 4 is 17.8 Å². The Bertz CT molecular complexity index is 981. The number of aromatic nitrogens is 2. The second-order valence-electron chi connectivity index (χ2n) is 6.30. The van der Waals surface area contributed by atoms with Crippen LogP contribution in [0.2, 0.25) is 0 Å². The molecular formula is C17H16N4O5. The van der Waals surface area contributed by atoms with E-state index in [1.807, 2.05) is 6.07 Å². The molecule has 0 aliphatic carbocycles. The number of barbiturate groups is 1. The van der Waals surface area contributed by atoms with Gasteiger partial charge in [0.25, 0.3) is 0 Å². The molecule has 0 atom stereocenters. The minimum absolute atomic E-state index is 0.148. The number of aromatic amines is 2. The van der Waals surface area contributed by atoms with E-state index >= 15 is 0 Å². The second-order valence-corrected chi connectivity index (χ2v) is 6.30. The molecule has 3 heterocycles. The van der Waals surface area contributed by atoms with Crippen molar-refractivity contribution in [3.63, 3.8) is 0 Å². The first kappa shape index (κ1) is 16.1. The minimum Gasteiger partial charge on any atom is -0.493 e. The average molecular weight is 356 g/mol. The van der Waals surface area contributed by atoms with Crippen LogP contribution in [-0.4, -0.2) is 58.3 Å². The number of nitrogens with one attached hydrogen (secondary N) is 2. The average Bonchev–Trinajstić information content (AvgIpc) is 3.24. The van der Waals surface area contributed by atoms with Crippen LogP contribution in [0, 0.1) is 0 Å². The number of amides is 4. The van der Waals surface area contributed by atoms with Gasteiger partial charge in [0.05, 0.1) is 18.0 Å². The molecule has 26 heavy (non-hydrogen) atoms. The number of benzene rings is 1. The number of hydrogen-bond acceptors (Lipinski definition) is 5. The molecule has 0 spiro atoms. The molecule has 2 aromatic rings. The number of carbonyl (C=O) groups excluding carboxylic acids is 3. The number of rotatable bonds is 2. The van der Waals surface area contributed by atoms with E-state index in [1.54, 1.807) is 12.1 Å². The maximum absolute atomic E-state index is 12.6. The molecule has 0 saturated carbocycles. The number of H-pyrrole nitrogens is 2. The first-order valence-electron chi connectivity index (χ1n) is 8.06. The van der Waals surface area contributed by atoms with Crippen LogP contribution in [0.5, 0.6) is 5.75 Å². The fourth-order valence-corrected chi connectivity index (χ4v) is 3.34. The van der Waals surface area contributed by atoms with Gasteiger partial charge in [-0.2, -0.15) is 0 Å². The number of nitrogens with zero attached hydrogens (tertiary/aromatic N) is 2. The minimum atomic E-state index is -1.29. The smallest absolute Gasteiger partial charge is 0.332 e. The maximum Gasteiger partial charge on any atom is 0.332 e. The van der Waals surface area contributed by atoms with E-state index in [0.29, 0.717) is 17.9 Å². The predicted molar refractivity (Wildman–Crippen MR) is 89.7 cm³/mol. The van der Waals surface area contributed by atoms with Crippen molar-refractivity contribution in [2.24, 2.45) is 0 Å². The topological polar surface area (TPSA) is 116 Å². The molecule has 4 amide bonds. The van der Waals surface area contributed by atoms with Crippen LogP contribution in [0.3, 0.4) is 0 Å². The van der Waals surface area contributed by atoms with Gasteiger partial charge in [0.15, 0.2) is 5.92 Å². The monoisotopic (exact) mass is 356 g/mol. The van der Waals surface area contributed by atoms with Gasteiger partial charge in [0.1, 0.15) is 5.75 Å². The Morgan fingerprint density at radius 2 is 1.73 bits per heavy atom. The number of carbonyl (C=O) groups is 3. The predicted octanol–water partition coefficient (Wildman–Crippen LogP) is 0.439. The third-order valence-corrected chi connectivity index (χ3v) is 4.75. The van der Waals surface area contributed by atoms with E-state index in [0.717, 1.165) is 27.5 Å². The van der Waals surface area contributed by atoms with E-state index in [-0.39, 0.29) is 5.69 Å². The van der Waals surface area contributed by atoms with E-state index in [9.17, 15) is 19.2 Å². The van der Waals surface area contributed by atoms with Gasteiger partial charge >= 0.3 is 11.7 Å². The summed E-state index contributed by atoms with van der Waals surface area (Å²) in [4.78, 5) is 56.0. The van der Waals surface area contributed by atoms with Gasteiger partial charge in [-0.15, -0.1) is 0 Å². The van der Waals surface area contributed by atoms with Crippen molar-refractivity contribution in [1.82, 2.24) is 19.8 Å². The number of imide groups is 2. The van der Waals surface area contributed by atoms with Crippen molar-refractivity contribution in [3.05, 3.63) is 39.9 Å². The molecular weight excluding hydrogens is 340 g/mol. The fraction of sp³-hybridized carbons (Fsp3) is 0.294. The lowest BCUT2D eigenvalue weighted by Crippen LogP contribution is -2.55. The summed E-state index contributed by atoms with van der Waals surface area (Å²) < 4.78 is 5.48. The van der Waals surface area contributed by atoms with Crippen LogP contribution in [-0.2, 0) is 16.0 Å². The molecule has 4 rings (SSSR count). The van der Waals surface area contributed by atoms with Gasteiger partial charge in [-0.3, -0.25) is 19.4 Å². The van der Waals surface area contributed by atoms with Crippen LogP contribution in [0.15, 0.2) is 23.0 Å². The van der Waals surface area contributed by atoms with Gasteiger partial charge in [-0.1, -0.05) is 0 Å². The molecule has 1 aromatic carbocycles. The van der Waals surface area contributed by atoms with Crippen LogP contribution in [0.25, 0.3) is 11.3 Å². The summed E-state index contributed by atoms with van der Waals surface area (Å²) in [5.41, 5.74) is 1.61. The lowest BCUT2D eigenvalue weighted by atomic mass is 9.95. The molecule has 2 N–H and O–H groups in total. The van der Waals surface area contributed by atoms with Gasteiger partial charge in [-0.05, 0) is 23.8 Å². The van der Waals surface area contributed by atoms with Crippen LogP contribution in [0.1, 0.15) is 17.2 Å². The van der Waals surface area contributed by atoms with Crippen molar-refractivity contribution in [2.75, 3.05) is 20.7 Å². The highest BCUT2D eigenvalue weighted by molar-refractivity contribution is 6.19. The third kappa shape index (κ3) is 2.24. The number of hydrogen-bond donors (Lipinski definition) is 2. The summed E-state index contributed by atoms with van der Waals surface area (Å²) in [6.07, 6.45) is 0.744. The summed E-state index contributed by atoms with van der Waals surface area (Å²) >= 11 is 0. The Morgan fingerprint density at radius 1 is 1.04 bits per heavy atom. The Morgan fingerprint density at radius 3 is 2.42 bits per heavy atom. The molecule has 2 aliphatic rings. The number of urea groups is 1. The van der Waals surface area contributed by atoms with Crippen LogP contribution < -0.4 is 10.4 Å². The van der Waals surface area contributed by atoms with E-state index in [4.69, 9.17) is 4.74 Å². The third-order valence-electron chi connectivity index (χ3n) is 4.75. The first-order chi connectivity index (χ1) is 12.4. The zero-order valence-electron chi connectivity index (χ0n) is 14.2. The Balaban J connectivity index is 1.84. The molecule has 0 radical (unpaired) electrons. The largest absolute Gasteiger partial charge is 0.493 e. The van der Waals surface area contributed by atoms with Crippen LogP contribution in [0.4, 0.5) is 4.79 Å². The standard InChI is InChI=1S/C17H16N4O5/c1-20-14(22)11(15(23)21(2)17(20)25)13-12(18-16(24)19-13)9-3-4-10-8(7-9)5-6-26-10/h3-4,7,11H,5-6H2,1-2H3,(H2,18,19,24). The van der Waals surface area contributed by atoms with Crippen molar-refractivity contribution in [3.8, 4) is 17.0 Å². The van der Waals surface area contributed by atoms with E-state index < -0.39 is 29.5 Å².